The Morgan fingerprint density at radius 2 is 2.19 bits per heavy atom. The van der Waals surface area contributed by atoms with Gasteiger partial charge in [-0.2, -0.15) is 0 Å². The number of carbonyl (C=O) groups excluding carboxylic acids is 1. The Morgan fingerprint density at radius 1 is 1.38 bits per heavy atom. The van der Waals surface area contributed by atoms with Crippen LogP contribution in [0.2, 0.25) is 0 Å². The molecule has 2 rings (SSSR count). The number of piperidine rings is 1. The molecule has 0 radical (unpaired) electrons. The number of thioether (sulfide) groups is 1. The Labute approximate surface area is 133 Å². The van der Waals surface area contributed by atoms with Crippen LogP contribution in [0.3, 0.4) is 0 Å². The smallest absolute Gasteiger partial charge is 0.230 e. The number of amides is 1. The van der Waals surface area contributed by atoms with Gasteiger partial charge in [0.1, 0.15) is 0 Å². The highest BCUT2D eigenvalue weighted by molar-refractivity contribution is 8.00. The monoisotopic (exact) mass is 336 g/mol. The lowest BCUT2D eigenvalue weighted by Gasteiger charge is -2.22. The maximum Gasteiger partial charge on any atom is 0.230 e. The standard InChI is InChI=1S/C14H18F2N2OS.ClH/c15-12-4-3-11(6-13(12)16)20-9-14(19)18-8-10-2-1-5-17-7-10;/h3-4,6,10,17H,1-2,5,7-9H2,(H,18,19);1H. The fraction of sp³-hybridized carbons (Fsp3) is 0.500. The van der Waals surface area contributed by atoms with Crippen molar-refractivity contribution in [3.8, 4) is 0 Å². The van der Waals surface area contributed by atoms with Gasteiger partial charge in [0.2, 0.25) is 5.91 Å². The molecular formula is C14H19ClF2N2OS. The third kappa shape index (κ3) is 6.20. The minimum atomic E-state index is -0.885. The molecule has 1 fully saturated rings. The van der Waals surface area contributed by atoms with Gasteiger partial charge < -0.3 is 10.6 Å². The Balaban J connectivity index is 0.00000220. The summed E-state index contributed by atoms with van der Waals surface area (Å²) >= 11 is 1.20. The van der Waals surface area contributed by atoms with Gasteiger partial charge in [0.05, 0.1) is 5.75 Å². The van der Waals surface area contributed by atoms with E-state index in [9.17, 15) is 13.6 Å². The van der Waals surface area contributed by atoms with E-state index in [1.54, 1.807) is 0 Å². The second kappa shape index (κ2) is 9.23. The van der Waals surface area contributed by atoms with Gasteiger partial charge in [-0.05, 0) is 50.0 Å². The van der Waals surface area contributed by atoms with E-state index < -0.39 is 11.6 Å². The van der Waals surface area contributed by atoms with Crippen LogP contribution in [-0.4, -0.2) is 31.3 Å². The highest BCUT2D eigenvalue weighted by atomic mass is 35.5. The SMILES string of the molecule is Cl.O=C(CSc1ccc(F)c(F)c1)NCC1CCCNC1. The zero-order valence-electron chi connectivity index (χ0n) is 11.5. The molecule has 118 valence electrons. The van der Waals surface area contributed by atoms with Gasteiger partial charge >= 0.3 is 0 Å². The number of halogens is 3. The number of hydrogen-bond donors (Lipinski definition) is 2. The second-order valence-corrected chi connectivity index (χ2v) is 5.93. The van der Waals surface area contributed by atoms with Crippen molar-refractivity contribution >= 4 is 30.1 Å². The normalized spacial score (nSPS) is 17.9. The van der Waals surface area contributed by atoms with Crippen molar-refractivity contribution in [1.82, 2.24) is 10.6 Å². The maximum atomic E-state index is 13.0. The lowest BCUT2D eigenvalue weighted by Crippen LogP contribution is -2.38. The van der Waals surface area contributed by atoms with E-state index in [0.29, 0.717) is 17.4 Å². The quantitative estimate of drug-likeness (QED) is 0.812. The van der Waals surface area contributed by atoms with Crippen LogP contribution in [0.25, 0.3) is 0 Å². The van der Waals surface area contributed by atoms with Gasteiger partial charge in [0.15, 0.2) is 11.6 Å². The molecule has 0 aliphatic carbocycles. The van der Waals surface area contributed by atoms with Gasteiger partial charge in [-0.3, -0.25) is 4.79 Å². The van der Waals surface area contributed by atoms with Crippen LogP contribution in [0, 0.1) is 17.6 Å². The summed E-state index contributed by atoms with van der Waals surface area (Å²) in [5, 5.41) is 6.18. The zero-order valence-corrected chi connectivity index (χ0v) is 13.2. The van der Waals surface area contributed by atoms with Gasteiger partial charge in [0.25, 0.3) is 0 Å². The summed E-state index contributed by atoms with van der Waals surface area (Å²) in [6, 6.07) is 3.66. The van der Waals surface area contributed by atoms with Crippen LogP contribution < -0.4 is 10.6 Å². The van der Waals surface area contributed by atoms with Crippen molar-refractivity contribution in [2.24, 2.45) is 5.92 Å². The summed E-state index contributed by atoms with van der Waals surface area (Å²) in [5.41, 5.74) is 0. The first-order valence-electron chi connectivity index (χ1n) is 6.70. The fourth-order valence-corrected chi connectivity index (χ4v) is 2.87. The number of benzene rings is 1. The zero-order chi connectivity index (χ0) is 14.4. The van der Waals surface area contributed by atoms with Crippen LogP contribution in [0.15, 0.2) is 23.1 Å². The average molecular weight is 337 g/mol. The first-order chi connectivity index (χ1) is 9.65. The molecule has 2 N–H and O–H groups in total. The minimum absolute atomic E-state index is 0. The van der Waals surface area contributed by atoms with E-state index in [1.807, 2.05) is 0 Å². The van der Waals surface area contributed by atoms with Crippen LogP contribution in [0.4, 0.5) is 8.78 Å². The molecule has 0 aromatic heterocycles. The molecular weight excluding hydrogens is 318 g/mol. The summed E-state index contributed by atoms with van der Waals surface area (Å²) in [4.78, 5) is 12.2. The van der Waals surface area contributed by atoms with Gasteiger partial charge in [0, 0.05) is 11.4 Å². The molecule has 3 nitrogen and oxygen atoms in total. The summed E-state index contributed by atoms with van der Waals surface area (Å²) < 4.78 is 25.8. The molecule has 1 amide bonds. The molecule has 1 aliphatic heterocycles. The lowest BCUT2D eigenvalue weighted by molar-refractivity contribution is -0.118. The van der Waals surface area contributed by atoms with Crippen molar-refractivity contribution in [2.75, 3.05) is 25.4 Å². The van der Waals surface area contributed by atoms with E-state index in [1.165, 1.54) is 17.8 Å². The van der Waals surface area contributed by atoms with E-state index in [-0.39, 0.29) is 24.1 Å². The highest BCUT2D eigenvalue weighted by Gasteiger charge is 2.14. The van der Waals surface area contributed by atoms with Crippen molar-refractivity contribution in [1.29, 1.82) is 0 Å². The molecule has 1 aliphatic rings. The average Bonchev–Trinajstić information content (AvgIpc) is 2.47. The number of rotatable bonds is 5. The summed E-state index contributed by atoms with van der Waals surface area (Å²) in [6.07, 6.45) is 2.27. The predicted molar refractivity (Wildman–Crippen MR) is 82.9 cm³/mol. The number of nitrogens with one attached hydrogen (secondary N) is 2. The molecule has 1 unspecified atom stereocenters. The van der Waals surface area contributed by atoms with Crippen molar-refractivity contribution in [3.63, 3.8) is 0 Å². The van der Waals surface area contributed by atoms with Gasteiger partial charge in [-0.1, -0.05) is 0 Å². The van der Waals surface area contributed by atoms with Crippen LogP contribution >= 0.6 is 24.2 Å². The highest BCUT2D eigenvalue weighted by Crippen LogP contribution is 2.20. The third-order valence-corrected chi connectivity index (χ3v) is 4.24. The Bertz CT molecular complexity index is 470. The lowest BCUT2D eigenvalue weighted by atomic mass is 10.00. The topological polar surface area (TPSA) is 41.1 Å². The predicted octanol–water partition coefficient (Wildman–Crippen LogP) is 2.59. The molecule has 1 saturated heterocycles. The first kappa shape index (κ1) is 18.2. The van der Waals surface area contributed by atoms with Gasteiger partial charge in [-0.15, -0.1) is 24.2 Å². The molecule has 0 spiro atoms. The molecule has 1 aromatic carbocycles. The minimum Gasteiger partial charge on any atom is -0.355 e. The summed E-state index contributed by atoms with van der Waals surface area (Å²) in [7, 11) is 0. The van der Waals surface area contributed by atoms with E-state index >= 15 is 0 Å². The molecule has 21 heavy (non-hydrogen) atoms. The summed E-state index contributed by atoms with van der Waals surface area (Å²) in [5.74, 6) is -1.14. The molecule has 1 atom stereocenters. The van der Waals surface area contributed by atoms with Crippen LogP contribution in [0.5, 0.6) is 0 Å². The Hall–Kier alpha value is -0.850. The fourth-order valence-electron chi connectivity index (χ4n) is 2.12. The maximum absolute atomic E-state index is 13.0. The number of carbonyl (C=O) groups is 1. The van der Waals surface area contributed by atoms with Crippen LogP contribution in [0.1, 0.15) is 12.8 Å². The van der Waals surface area contributed by atoms with Crippen molar-refractivity contribution in [2.45, 2.75) is 17.7 Å². The van der Waals surface area contributed by atoms with E-state index in [2.05, 4.69) is 10.6 Å². The van der Waals surface area contributed by atoms with E-state index in [4.69, 9.17) is 0 Å². The van der Waals surface area contributed by atoms with Crippen molar-refractivity contribution in [3.05, 3.63) is 29.8 Å². The molecule has 7 heteroatoms. The summed E-state index contributed by atoms with van der Waals surface area (Å²) in [6.45, 7) is 2.66. The van der Waals surface area contributed by atoms with Crippen LogP contribution in [-0.2, 0) is 4.79 Å². The van der Waals surface area contributed by atoms with Crippen molar-refractivity contribution < 1.29 is 13.6 Å². The Kier molecular flexibility index (Phi) is 8.00. The molecule has 1 aromatic rings. The Morgan fingerprint density at radius 3 is 2.86 bits per heavy atom. The van der Waals surface area contributed by atoms with E-state index in [0.717, 1.165) is 38.1 Å². The second-order valence-electron chi connectivity index (χ2n) is 4.88. The largest absolute Gasteiger partial charge is 0.355 e. The molecule has 1 heterocycles. The molecule has 0 saturated carbocycles. The molecule has 0 bridgehead atoms. The van der Waals surface area contributed by atoms with Gasteiger partial charge in [-0.25, -0.2) is 8.78 Å². The number of hydrogen-bond acceptors (Lipinski definition) is 3. The third-order valence-electron chi connectivity index (χ3n) is 3.25. The first-order valence-corrected chi connectivity index (χ1v) is 7.69.